The van der Waals surface area contributed by atoms with Crippen LogP contribution in [0.5, 0.6) is 0 Å². The van der Waals surface area contributed by atoms with Crippen molar-refractivity contribution in [1.29, 1.82) is 0 Å². The molecular weight excluding hydrogens is 382 g/mol. The van der Waals surface area contributed by atoms with E-state index in [1.165, 1.54) is 5.56 Å². The summed E-state index contributed by atoms with van der Waals surface area (Å²) in [4.78, 5) is 16.4. The van der Waals surface area contributed by atoms with Gasteiger partial charge in [-0.2, -0.15) is 4.99 Å². The molecule has 1 aromatic carbocycles. The Bertz CT molecular complexity index is 804. The van der Waals surface area contributed by atoms with Crippen LogP contribution in [0.1, 0.15) is 31.0 Å². The summed E-state index contributed by atoms with van der Waals surface area (Å²) in [6.45, 7) is 12.8. The summed E-state index contributed by atoms with van der Waals surface area (Å²) >= 11 is 0. The number of morpholine rings is 1. The summed E-state index contributed by atoms with van der Waals surface area (Å²) in [6.07, 6.45) is 0. The van der Waals surface area contributed by atoms with E-state index in [0.29, 0.717) is 12.6 Å². The van der Waals surface area contributed by atoms with Gasteiger partial charge in [0.1, 0.15) is 12.6 Å². The Labute approximate surface area is 178 Å². The number of hydrazine groups is 1. The molecule has 0 amide bonds. The van der Waals surface area contributed by atoms with Gasteiger partial charge in [0.05, 0.1) is 13.2 Å². The van der Waals surface area contributed by atoms with E-state index >= 15 is 0 Å². The second kappa shape index (κ2) is 8.89. The normalized spacial score (nSPS) is 26.0. The van der Waals surface area contributed by atoms with Crippen molar-refractivity contribution >= 4 is 12.0 Å². The van der Waals surface area contributed by atoms with Gasteiger partial charge in [0.2, 0.25) is 5.96 Å². The van der Waals surface area contributed by atoms with Gasteiger partial charge in [0.15, 0.2) is 0 Å². The van der Waals surface area contributed by atoms with Crippen LogP contribution in [0.3, 0.4) is 0 Å². The predicted molar refractivity (Wildman–Crippen MR) is 117 cm³/mol. The zero-order valence-electron chi connectivity index (χ0n) is 18.2. The largest absolute Gasteiger partial charge is 0.463 e. The van der Waals surface area contributed by atoms with Crippen molar-refractivity contribution in [2.75, 3.05) is 52.5 Å². The number of benzene rings is 1. The molecule has 3 aliphatic heterocycles. The average molecular weight is 416 g/mol. The molecule has 30 heavy (non-hydrogen) atoms. The van der Waals surface area contributed by atoms with E-state index < -0.39 is 5.79 Å². The van der Waals surface area contributed by atoms with Gasteiger partial charge in [-0.3, -0.25) is 15.6 Å². The number of aliphatic imine (C=N–C) groups is 2. The number of nitrogens with zero attached hydrogens (tertiary/aromatic N) is 5. The molecule has 9 nitrogen and oxygen atoms in total. The summed E-state index contributed by atoms with van der Waals surface area (Å²) in [5.74, 6) is 5.90. The first-order chi connectivity index (χ1) is 14.6. The van der Waals surface area contributed by atoms with Gasteiger partial charge >= 0.3 is 0 Å². The third kappa shape index (κ3) is 3.78. The lowest BCUT2D eigenvalue weighted by Gasteiger charge is -2.31. The monoisotopic (exact) mass is 415 g/mol. The molecule has 0 radical (unpaired) electrons. The third-order valence-corrected chi connectivity index (χ3v) is 5.96. The molecule has 0 aliphatic carbocycles. The molecule has 2 atom stereocenters. The number of nitrogens with one attached hydrogen (secondary N) is 1. The zero-order chi connectivity index (χ0) is 21.1. The molecule has 9 heteroatoms. The van der Waals surface area contributed by atoms with E-state index in [0.717, 1.165) is 57.5 Å². The number of hydrogen-bond acceptors (Lipinski definition) is 9. The molecule has 3 aliphatic rings. The first kappa shape index (κ1) is 21.0. The highest BCUT2D eigenvalue weighted by Crippen LogP contribution is 2.45. The number of ether oxygens (including phenoxy) is 2. The van der Waals surface area contributed by atoms with E-state index in [2.05, 4.69) is 65.2 Å². The number of rotatable bonds is 7. The van der Waals surface area contributed by atoms with Gasteiger partial charge in [-0.05, 0) is 26.3 Å². The third-order valence-electron chi connectivity index (χ3n) is 5.96. The van der Waals surface area contributed by atoms with Crippen LogP contribution in [0.25, 0.3) is 0 Å². The second-order valence-corrected chi connectivity index (χ2v) is 7.84. The van der Waals surface area contributed by atoms with Gasteiger partial charge in [0, 0.05) is 32.7 Å². The molecule has 164 valence electrons. The van der Waals surface area contributed by atoms with Crippen LogP contribution in [-0.2, 0) is 9.47 Å². The number of hydrogen-bond donors (Lipinski definition) is 2. The van der Waals surface area contributed by atoms with Crippen LogP contribution >= 0.6 is 0 Å². The van der Waals surface area contributed by atoms with E-state index in [9.17, 15) is 0 Å². The molecule has 4 rings (SSSR count). The summed E-state index contributed by atoms with van der Waals surface area (Å²) < 4.78 is 11.6. The van der Waals surface area contributed by atoms with Crippen LogP contribution in [0.2, 0.25) is 0 Å². The lowest BCUT2D eigenvalue weighted by atomic mass is 10.00. The Hall–Kier alpha value is -2.20. The molecule has 2 bridgehead atoms. The molecule has 3 N–H and O–H groups in total. The predicted octanol–water partition coefficient (Wildman–Crippen LogP) is 0.885. The Morgan fingerprint density at radius 3 is 2.70 bits per heavy atom. The second-order valence-electron chi connectivity index (χ2n) is 7.84. The number of guanidine groups is 1. The first-order valence-corrected chi connectivity index (χ1v) is 10.8. The maximum Gasteiger partial charge on any atom is 0.298 e. The molecule has 1 saturated heterocycles. The fourth-order valence-corrected chi connectivity index (χ4v) is 4.33. The minimum Gasteiger partial charge on any atom is -0.463 e. The minimum absolute atomic E-state index is 0.184. The maximum absolute atomic E-state index is 6.21. The number of aryl methyl sites for hydroxylation is 1. The van der Waals surface area contributed by atoms with Crippen molar-refractivity contribution in [2.45, 2.75) is 32.6 Å². The van der Waals surface area contributed by atoms with Crippen LogP contribution in [-0.4, -0.2) is 85.0 Å². The summed E-state index contributed by atoms with van der Waals surface area (Å²) in [5.41, 5.74) is 5.18. The summed E-state index contributed by atoms with van der Waals surface area (Å²) in [7, 11) is 0. The van der Waals surface area contributed by atoms with Crippen molar-refractivity contribution in [2.24, 2.45) is 15.8 Å². The minimum atomic E-state index is -0.986. The highest BCUT2D eigenvalue weighted by Gasteiger charge is 2.58. The van der Waals surface area contributed by atoms with Crippen LogP contribution < -0.4 is 11.3 Å². The van der Waals surface area contributed by atoms with Gasteiger partial charge in [0.25, 0.3) is 11.8 Å². The standard InChI is InChI=1S/C21H33N7O2/c1-4-27(5-2)19-23-21(25-22)18(17-8-6-7-16(3)15-17)28(19)20(24-21)30-14-11-26-9-12-29-13-10-26/h6-8,15,18,25H,4-5,9-14,22H2,1-3H3. The summed E-state index contributed by atoms with van der Waals surface area (Å²) in [6, 6.07) is 8.80. The number of amidine groups is 1. The van der Waals surface area contributed by atoms with Crippen molar-refractivity contribution < 1.29 is 9.47 Å². The molecular formula is C21H33N7O2. The van der Waals surface area contributed by atoms with Crippen molar-refractivity contribution in [3.63, 3.8) is 0 Å². The van der Waals surface area contributed by atoms with Crippen molar-refractivity contribution in [3.05, 3.63) is 35.4 Å². The molecule has 0 aromatic heterocycles. The summed E-state index contributed by atoms with van der Waals surface area (Å²) in [5, 5.41) is 0. The molecule has 0 saturated carbocycles. The molecule has 0 spiro atoms. The fourth-order valence-electron chi connectivity index (χ4n) is 4.33. The van der Waals surface area contributed by atoms with Crippen molar-refractivity contribution in [3.8, 4) is 0 Å². The molecule has 2 unspecified atom stereocenters. The van der Waals surface area contributed by atoms with E-state index in [1.54, 1.807) is 0 Å². The van der Waals surface area contributed by atoms with E-state index in [4.69, 9.17) is 25.3 Å². The van der Waals surface area contributed by atoms with E-state index in [1.807, 2.05) is 0 Å². The van der Waals surface area contributed by atoms with Crippen molar-refractivity contribution in [1.82, 2.24) is 20.1 Å². The SMILES string of the molecule is CCN(CC)C1=NC2(NN)N=C(OCCN3CCOCC3)N1C2c1cccc(C)c1. The Morgan fingerprint density at radius 2 is 2.03 bits per heavy atom. The Balaban J connectivity index is 1.58. The lowest BCUT2D eigenvalue weighted by molar-refractivity contribution is 0.0307. The van der Waals surface area contributed by atoms with Gasteiger partial charge in [-0.15, -0.1) is 0 Å². The first-order valence-electron chi connectivity index (χ1n) is 10.8. The molecule has 1 fully saturated rings. The number of fused-ring (bicyclic) bond motifs is 2. The highest BCUT2D eigenvalue weighted by atomic mass is 16.5. The maximum atomic E-state index is 6.21. The average Bonchev–Trinajstić information content (AvgIpc) is 3.26. The van der Waals surface area contributed by atoms with E-state index in [-0.39, 0.29) is 6.04 Å². The van der Waals surface area contributed by atoms with Gasteiger partial charge in [-0.25, -0.2) is 10.4 Å². The van der Waals surface area contributed by atoms with Crippen LogP contribution in [0.15, 0.2) is 34.3 Å². The lowest BCUT2D eigenvalue weighted by Crippen LogP contribution is -2.48. The van der Waals surface area contributed by atoms with Crippen LogP contribution in [0, 0.1) is 6.92 Å². The Morgan fingerprint density at radius 1 is 1.27 bits per heavy atom. The molecule has 1 aromatic rings. The van der Waals surface area contributed by atoms with Crippen LogP contribution in [0.4, 0.5) is 0 Å². The highest BCUT2D eigenvalue weighted by molar-refractivity contribution is 6.01. The Kier molecular flexibility index (Phi) is 6.24. The number of nitrogens with two attached hydrogens (primary N) is 1. The zero-order valence-corrected chi connectivity index (χ0v) is 18.2. The van der Waals surface area contributed by atoms with Gasteiger partial charge in [-0.1, -0.05) is 29.8 Å². The molecule has 3 heterocycles. The van der Waals surface area contributed by atoms with Gasteiger partial charge < -0.3 is 14.4 Å². The quantitative estimate of drug-likeness (QED) is 0.505. The fraction of sp³-hybridized carbons (Fsp3) is 0.619. The smallest absolute Gasteiger partial charge is 0.298 e. The topological polar surface area (TPSA) is 90.9 Å².